The van der Waals surface area contributed by atoms with E-state index >= 15 is 0 Å². The Morgan fingerprint density at radius 3 is 2.42 bits per heavy atom. The van der Waals surface area contributed by atoms with E-state index < -0.39 is 24.3 Å². The van der Waals surface area contributed by atoms with Gasteiger partial charge in [-0.15, -0.1) is 0 Å². The largest absolute Gasteiger partial charge is 0.417 e. The van der Waals surface area contributed by atoms with Crippen molar-refractivity contribution in [1.29, 1.82) is 0 Å². The van der Waals surface area contributed by atoms with Crippen molar-refractivity contribution in [1.82, 2.24) is 14.6 Å². The molecular formula is C22H16F4N4O. The fraction of sp³-hybridized carbons (Fsp3) is 0.136. The van der Waals surface area contributed by atoms with Crippen molar-refractivity contribution in [2.75, 3.05) is 11.9 Å². The Hall–Kier alpha value is -3.75. The number of anilines is 1. The van der Waals surface area contributed by atoms with Gasteiger partial charge in [0.1, 0.15) is 12.4 Å². The fourth-order valence-electron chi connectivity index (χ4n) is 3.15. The van der Waals surface area contributed by atoms with Crippen LogP contribution in [0.1, 0.15) is 21.6 Å². The summed E-state index contributed by atoms with van der Waals surface area (Å²) in [5.74, 6) is -0.550. The number of carbonyl (C=O) groups excluding carboxylic acids is 1. The maximum atomic E-state index is 12.8. The molecule has 0 atom stereocenters. The molecule has 5 nitrogen and oxygen atoms in total. The highest BCUT2D eigenvalue weighted by Gasteiger charge is 2.31. The highest BCUT2D eigenvalue weighted by Crippen LogP contribution is 2.30. The summed E-state index contributed by atoms with van der Waals surface area (Å²) in [6.45, 7) is -0.552. The summed E-state index contributed by atoms with van der Waals surface area (Å²) in [4.78, 5) is 17.7. The average molecular weight is 428 g/mol. The van der Waals surface area contributed by atoms with Crippen molar-refractivity contribution in [3.63, 3.8) is 0 Å². The second kappa shape index (κ2) is 7.82. The van der Waals surface area contributed by atoms with E-state index in [9.17, 15) is 22.4 Å². The quantitative estimate of drug-likeness (QED) is 0.422. The zero-order chi connectivity index (χ0) is 22.2. The Kier molecular flexibility index (Phi) is 5.18. The first-order valence-electron chi connectivity index (χ1n) is 9.22. The molecule has 31 heavy (non-hydrogen) atoms. The minimum atomic E-state index is -4.52. The molecule has 1 aromatic carbocycles. The van der Waals surface area contributed by atoms with Crippen molar-refractivity contribution in [2.45, 2.75) is 12.9 Å². The molecular weight excluding hydrogens is 412 g/mol. The third kappa shape index (κ3) is 3.98. The molecule has 0 saturated carbocycles. The van der Waals surface area contributed by atoms with Gasteiger partial charge in [0, 0.05) is 30.7 Å². The van der Waals surface area contributed by atoms with E-state index in [1.54, 1.807) is 53.3 Å². The standard InChI is InChI=1S/C22H16F4N4O/c1-29(21(31)19-7-6-16(12-27-19)22(24,25)26)17-8-9-30-20(10-17)18(13-28-30)15-4-2-14(11-23)3-5-15/h2-10,12-13H,11H2,1H3. The second-order valence-electron chi connectivity index (χ2n) is 6.90. The van der Waals surface area contributed by atoms with Crippen LogP contribution >= 0.6 is 0 Å². The number of pyridine rings is 2. The van der Waals surface area contributed by atoms with E-state index in [2.05, 4.69) is 10.1 Å². The first kappa shape index (κ1) is 20.5. The molecule has 0 fully saturated rings. The van der Waals surface area contributed by atoms with E-state index in [0.717, 1.165) is 23.3 Å². The third-order valence-corrected chi connectivity index (χ3v) is 4.93. The number of hydrogen-bond donors (Lipinski definition) is 0. The van der Waals surface area contributed by atoms with Crippen LogP contribution < -0.4 is 4.90 Å². The number of benzene rings is 1. The molecule has 0 N–H and O–H groups in total. The molecule has 0 spiro atoms. The number of carbonyl (C=O) groups is 1. The van der Waals surface area contributed by atoms with Crippen LogP contribution in [0.2, 0.25) is 0 Å². The lowest BCUT2D eigenvalue weighted by Crippen LogP contribution is -2.27. The lowest BCUT2D eigenvalue weighted by Gasteiger charge is -2.17. The zero-order valence-electron chi connectivity index (χ0n) is 16.3. The predicted molar refractivity (Wildman–Crippen MR) is 107 cm³/mol. The molecule has 1 amide bonds. The Morgan fingerprint density at radius 2 is 1.81 bits per heavy atom. The summed E-state index contributed by atoms with van der Waals surface area (Å²) in [5.41, 5.74) is 2.40. The lowest BCUT2D eigenvalue weighted by molar-refractivity contribution is -0.137. The van der Waals surface area contributed by atoms with Crippen molar-refractivity contribution in [2.24, 2.45) is 0 Å². The first-order chi connectivity index (χ1) is 14.8. The van der Waals surface area contributed by atoms with E-state index in [1.165, 1.54) is 11.9 Å². The molecule has 3 aromatic heterocycles. The number of fused-ring (bicyclic) bond motifs is 1. The van der Waals surface area contributed by atoms with Crippen LogP contribution in [0.15, 0.2) is 67.1 Å². The minimum Gasteiger partial charge on any atom is -0.310 e. The van der Waals surface area contributed by atoms with Crippen LogP contribution in [-0.2, 0) is 12.9 Å². The fourth-order valence-corrected chi connectivity index (χ4v) is 3.15. The molecule has 9 heteroatoms. The maximum absolute atomic E-state index is 12.8. The molecule has 0 aliphatic heterocycles. The van der Waals surface area contributed by atoms with Gasteiger partial charge in [-0.1, -0.05) is 24.3 Å². The summed E-state index contributed by atoms with van der Waals surface area (Å²) in [6.07, 6.45) is -0.538. The molecule has 0 saturated heterocycles. The Morgan fingerprint density at radius 1 is 1.06 bits per heavy atom. The molecule has 0 aliphatic carbocycles. The summed E-state index contributed by atoms with van der Waals surface area (Å²) in [5, 5.41) is 4.29. The molecule has 4 aromatic rings. The van der Waals surface area contributed by atoms with E-state index in [0.29, 0.717) is 23.0 Å². The molecule has 0 unspecified atom stereocenters. The van der Waals surface area contributed by atoms with Crippen LogP contribution in [0, 0.1) is 0 Å². The summed E-state index contributed by atoms with van der Waals surface area (Å²) >= 11 is 0. The average Bonchev–Trinajstić information content (AvgIpc) is 3.21. The van der Waals surface area contributed by atoms with Crippen molar-refractivity contribution in [3.8, 4) is 11.1 Å². The van der Waals surface area contributed by atoms with Crippen LogP contribution in [0.3, 0.4) is 0 Å². The Labute approximate surface area is 174 Å². The van der Waals surface area contributed by atoms with Gasteiger partial charge in [0.25, 0.3) is 5.91 Å². The first-order valence-corrected chi connectivity index (χ1v) is 9.22. The monoisotopic (exact) mass is 428 g/mol. The van der Waals surface area contributed by atoms with Crippen molar-refractivity contribution in [3.05, 3.63) is 83.9 Å². The van der Waals surface area contributed by atoms with E-state index in [-0.39, 0.29) is 5.69 Å². The number of hydrogen-bond acceptors (Lipinski definition) is 3. The summed E-state index contributed by atoms with van der Waals surface area (Å²) < 4.78 is 52.6. The number of alkyl halides is 4. The second-order valence-corrected chi connectivity index (χ2v) is 6.90. The number of rotatable bonds is 4. The van der Waals surface area contributed by atoms with Gasteiger partial charge in [0.2, 0.25) is 0 Å². The summed E-state index contributed by atoms with van der Waals surface area (Å²) in [7, 11) is 1.51. The van der Waals surface area contributed by atoms with Gasteiger partial charge in [-0.2, -0.15) is 18.3 Å². The van der Waals surface area contributed by atoms with Crippen LogP contribution in [-0.4, -0.2) is 27.6 Å². The van der Waals surface area contributed by atoms with Crippen LogP contribution in [0.5, 0.6) is 0 Å². The van der Waals surface area contributed by atoms with E-state index in [1.807, 2.05) is 0 Å². The number of amides is 1. The van der Waals surface area contributed by atoms with Gasteiger partial charge in [-0.3, -0.25) is 9.78 Å². The lowest BCUT2D eigenvalue weighted by atomic mass is 10.1. The van der Waals surface area contributed by atoms with E-state index in [4.69, 9.17) is 0 Å². The van der Waals surface area contributed by atoms with Crippen molar-refractivity contribution >= 4 is 17.1 Å². The Bertz CT molecular complexity index is 1230. The Balaban J connectivity index is 1.65. The smallest absolute Gasteiger partial charge is 0.310 e. The molecule has 4 rings (SSSR count). The molecule has 0 aliphatic rings. The molecule has 3 heterocycles. The molecule has 0 bridgehead atoms. The van der Waals surface area contributed by atoms with Crippen LogP contribution in [0.25, 0.3) is 16.6 Å². The topological polar surface area (TPSA) is 50.5 Å². The number of halogens is 4. The van der Waals surface area contributed by atoms with Gasteiger partial charge in [-0.05, 0) is 35.4 Å². The maximum Gasteiger partial charge on any atom is 0.417 e. The zero-order valence-corrected chi connectivity index (χ0v) is 16.3. The summed E-state index contributed by atoms with van der Waals surface area (Å²) in [6, 6.07) is 12.2. The van der Waals surface area contributed by atoms with Gasteiger partial charge in [-0.25, -0.2) is 8.91 Å². The van der Waals surface area contributed by atoms with Crippen molar-refractivity contribution < 1.29 is 22.4 Å². The van der Waals surface area contributed by atoms with Gasteiger partial charge >= 0.3 is 6.18 Å². The molecule has 0 radical (unpaired) electrons. The van der Waals surface area contributed by atoms with Crippen LogP contribution in [0.4, 0.5) is 23.2 Å². The number of nitrogens with zero attached hydrogens (tertiary/aromatic N) is 4. The SMILES string of the molecule is CN(C(=O)c1ccc(C(F)(F)F)cn1)c1ccn2ncc(-c3ccc(CF)cc3)c2c1. The predicted octanol–water partition coefficient (Wildman–Crippen LogP) is 5.16. The highest BCUT2D eigenvalue weighted by atomic mass is 19.4. The third-order valence-electron chi connectivity index (χ3n) is 4.93. The van der Waals surface area contributed by atoms with Gasteiger partial charge in [0.05, 0.1) is 17.3 Å². The highest BCUT2D eigenvalue weighted by molar-refractivity contribution is 6.04. The van der Waals surface area contributed by atoms with Gasteiger partial charge in [0.15, 0.2) is 0 Å². The normalized spacial score (nSPS) is 11.6. The minimum absolute atomic E-state index is 0.106. The molecule has 158 valence electrons. The van der Waals surface area contributed by atoms with Gasteiger partial charge < -0.3 is 4.90 Å². The number of aromatic nitrogens is 3.